The molecule has 0 aliphatic rings. The summed E-state index contributed by atoms with van der Waals surface area (Å²) in [5.41, 5.74) is -0.222. The van der Waals surface area contributed by atoms with Crippen LogP contribution in [0.25, 0.3) is 72.8 Å². The molecule has 2 aromatic heterocycles. The zero-order valence-corrected chi connectivity index (χ0v) is 27.3. The van der Waals surface area contributed by atoms with Gasteiger partial charge in [0.1, 0.15) is 0 Å². The minimum Gasteiger partial charge on any atom is -0.309 e. The van der Waals surface area contributed by atoms with E-state index in [4.69, 9.17) is 0 Å². The molecule has 0 saturated heterocycles. The van der Waals surface area contributed by atoms with Crippen LogP contribution in [0, 0.1) is 6.92 Å². The summed E-state index contributed by atoms with van der Waals surface area (Å²) < 4.78 is 90.8. The Labute approximate surface area is 293 Å². The third-order valence-corrected chi connectivity index (χ3v) is 8.97. The summed E-state index contributed by atoms with van der Waals surface area (Å²) in [4.78, 5) is 14.0. The van der Waals surface area contributed by atoms with Crippen LogP contribution in [-0.2, 0) is 12.4 Å². The van der Waals surface area contributed by atoms with Crippen LogP contribution in [-0.4, -0.2) is 19.5 Å². The van der Waals surface area contributed by atoms with Crippen molar-refractivity contribution in [2.24, 2.45) is 0 Å². The zero-order valence-electron chi connectivity index (χ0n) is 27.3. The Balaban J connectivity index is 1.49. The van der Waals surface area contributed by atoms with Gasteiger partial charge in [-0.15, -0.1) is 0 Å². The van der Waals surface area contributed by atoms with Crippen molar-refractivity contribution < 1.29 is 26.3 Å². The maximum atomic E-state index is 14.8. The molecule has 4 nitrogen and oxygen atoms in total. The monoisotopic (exact) mass is 700 g/mol. The van der Waals surface area contributed by atoms with Crippen molar-refractivity contribution >= 4 is 21.8 Å². The summed E-state index contributed by atoms with van der Waals surface area (Å²) in [7, 11) is 0. The highest BCUT2D eigenvalue weighted by molar-refractivity contribution is 6.09. The van der Waals surface area contributed by atoms with Crippen LogP contribution in [0.4, 0.5) is 26.3 Å². The molecule has 0 unspecified atom stereocenters. The van der Waals surface area contributed by atoms with Crippen LogP contribution in [0.15, 0.2) is 140 Å². The Morgan fingerprint density at radius 1 is 0.462 bits per heavy atom. The van der Waals surface area contributed by atoms with Gasteiger partial charge in [0.25, 0.3) is 0 Å². The van der Waals surface area contributed by atoms with Crippen molar-refractivity contribution in [1.29, 1.82) is 0 Å². The molecule has 8 aromatic rings. The molecular formula is C42H26F6N4. The van der Waals surface area contributed by atoms with Crippen LogP contribution in [0.1, 0.15) is 16.7 Å². The van der Waals surface area contributed by atoms with Crippen molar-refractivity contribution in [2.45, 2.75) is 19.3 Å². The van der Waals surface area contributed by atoms with Crippen molar-refractivity contribution in [3.8, 4) is 51.0 Å². The fraction of sp³-hybridized carbons (Fsp3) is 0.0714. The second-order valence-corrected chi connectivity index (χ2v) is 12.4. The molecule has 256 valence electrons. The zero-order chi connectivity index (χ0) is 36.2. The Kier molecular flexibility index (Phi) is 7.90. The molecular weight excluding hydrogens is 674 g/mol. The van der Waals surface area contributed by atoms with Crippen molar-refractivity contribution in [1.82, 2.24) is 19.5 Å². The van der Waals surface area contributed by atoms with Crippen molar-refractivity contribution in [3.63, 3.8) is 0 Å². The number of halogens is 6. The highest BCUT2D eigenvalue weighted by atomic mass is 19.4. The summed E-state index contributed by atoms with van der Waals surface area (Å²) in [5.74, 6) is 0.326. The molecule has 0 spiro atoms. The fourth-order valence-corrected chi connectivity index (χ4v) is 6.68. The van der Waals surface area contributed by atoms with E-state index in [-0.39, 0.29) is 28.6 Å². The van der Waals surface area contributed by atoms with Crippen LogP contribution >= 0.6 is 0 Å². The maximum absolute atomic E-state index is 14.8. The highest BCUT2D eigenvalue weighted by Crippen LogP contribution is 2.48. The predicted octanol–water partition coefficient (Wildman–Crippen LogP) is 12.0. The number of rotatable bonds is 5. The predicted molar refractivity (Wildman–Crippen MR) is 191 cm³/mol. The topological polar surface area (TPSA) is 43.6 Å². The van der Waals surface area contributed by atoms with E-state index >= 15 is 0 Å². The lowest BCUT2D eigenvalue weighted by Gasteiger charge is -2.22. The normalized spacial score (nSPS) is 12.1. The van der Waals surface area contributed by atoms with Crippen molar-refractivity contribution in [3.05, 3.63) is 156 Å². The summed E-state index contributed by atoms with van der Waals surface area (Å²) in [6.07, 6.45) is -10.3. The first kappa shape index (κ1) is 32.9. The Morgan fingerprint density at radius 2 is 1.00 bits per heavy atom. The Morgan fingerprint density at radius 3 is 1.60 bits per heavy atom. The van der Waals surface area contributed by atoms with E-state index in [9.17, 15) is 26.3 Å². The van der Waals surface area contributed by atoms with Gasteiger partial charge in [0.2, 0.25) is 0 Å². The minimum atomic E-state index is -5.13. The summed E-state index contributed by atoms with van der Waals surface area (Å²) in [5, 5.41) is 1.78. The third-order valence-electron chi connectivity index (χ3n) is 8.97. The maximum Gasteiger partial charge on any atom is 0.417 e. The first-order chi connectivity index (χ1) is 25.0. The number of aromatic nitrogens is 4. The van der Waals surface area contributed by atoms with Crippen LogP contribution in [0.5, 0.6) is 0 Å². The van der Waals surface area contributed by atoms with Gasteiger partial charge in [-0.25, -0.2) is 15.0 Å². The van der Waals surface area contributed by atoms with Gasteiger partial charge < -0.3 is 4.57 Å². The van der Waals surface area contributed by atoms with Gasteiger partial charge in [-0.1, -0.05) is 96.6 Å². The molecule has 2 heterocycles. The molecule has 0 aliphatic carbocycles. The molecule has 0 radical (unpaired) electrons. The average molecular weight is 701 g/mol. The van der Waals surface area contributed by atoms with Crippen LogP contribution in [0.2, 0.25) is 0 Å². The third kappa shape index (κ3) is 5.85. The van der Waals surface area contributed by atoms with E-state index in [1.54, 1.807) is 54.6 Å². The molecule has 8 rings (SSSR count). The van der Waals surface area contributed by atoms with E-state index in [1.807, 2.05) is 66.1 Å². The Hall–Kier alpha value is -6.29. The number of hydrogen-bond donors (Lipinski definition) is 0. The highest BCUT2D eigenvalue weighted by Gasteiger charge is 2.42. The summed E-state index contributed by atoms with van der Waals surface area (Å²) >= 11 is 0. The fourth-order valence-electron chi connectivity index (χ4n) is 6.68. The number of fused-ring (bicyclic) bond motifs is 3. The molecule has 6 aromatic carbocycles. The SMILES string of the molecule is Cc1ccc2c(c1)c1ccccc1n2-c1ccc(-c2nc(-c3ccccc3)nc(-c3ccccc3)n2)c(-c2c(C(F)(F)F)cccc2C(F)(F)F)c1. The second kappa shape index (κ2) is 12.5. The standard InChI is InChI=1S/C42H26F6N4/c1-25-19-22-36-31(23-25)29-15-8-9-18-35(29)52(36)28-20-21-30(32(24-28)37-33(41(43,44)45)16-10-17-34(37)42(46,47)48)40-50-38(26-11-4-2-5-12-26)49-39(51-40)27-13-6-3-7-14-27/h2-24H,1H3. The molecule has 0 amide bonds. The van der Waals surface area contributed by atoms with Gasteiger partial charge in [0.05, 0.1) is 22.2 Å². The summed E-state index contributed by atoms with van der Waals surface area (Å²) in [6.45, 7) is 1.95. The lowest BCUT2D eigenvalue weighted by molar-refractivity contribution is -0.142. The van der Waals surface area contributed by atoms with Gasteiger partial charge in [-0.2, -0.15) is 26.3 Å². The van der Waals surface area contributed by atoms with Gasteiger partial charge in [-0.3, -0.25) is 0 Å². The van der Waals surface area contributed by atoms with E-state index in [0.717, 1.165) is 33.4 Å². The number of benzene rings is 6. The molecule has 0 fully saturated rings. The number of hydrogen-bond acceptors (Lipinski definition) is 3. The molecule has 0 saturated carbocycles. The molecule has 52 heavy (non-hydrogen) atoms. The average Bonchev–Trinajstić information content (AvgIpc) is 3.47. The van der Waals surface area contributed by atoms with Crippen molar-refractivity contribution in [2.75, 3.05) is 0 Å². The summed E-state index contributed by atoms with van der Waals surface area (Å²) in [6, 6.07) is 37.8. The number of nitrogens with zero attached hydrogens (tertiary/aromatic N) is 4. The van der Waals surface area contributed by atoms with Gasteiger partial charge in [-0.05, 0) is 61.0 Å². The first-order valence-electron chi connectivity index (χ1n) is 16.3. The molecule has 0 N–H and O–H groups in total. The van der Waals surface area contributed by atoms with Crippen LogP contribution in [0.3, 0.4) is 0 Å². The number of para-hydroxylation sites is 1. The Bertz CT molecular complexity index is 2520. The molecule has 0 aliphatic heterocycles. The van der Waals surface area contributed by atoms with E-state index in [2.05, 4.69) is 15.0 Å². The quantitative estimate of drug-likeness (QED) is 0.168. The number of aryl methyl sites for hydroxylation is 1. The van der Waals surface area contributed by atoms with Gasteiger partial charge >= 0.3 is 12.4 Å². The lowest BCUT2D eigenvalue weighted by Crippen LogP contribution is -2.15. The lowest BCUT2D eigenvalue weighted by atomic mass is 9.89. The van der Waals surface area contributed by atoms with Gasteiger partial charge in [0, 0.05) is 38.7 Å². The van der Waals surface area contributed by atoms with Crippen LogP contribution < -0.4 is 0 Å². The molecule has 10 heteroatoms. The smallest absolute Gasteiger partial charge is 0.309 e. The van der Waals surface area contributed by atoms with E-state index < -0.39 is 29.0 Å². The van der Waals surface area contributed by atoms with E-state index in [1.165, 1.54) is 12.1 Å². The van der Waals surface area contributed by atoms with E-state index in [0.29, 0.717) is 28.9 Å². The van der Waals surface area contributed by atoms with Gasteiger partial charge in [0.15, 0.2) is 17.5 Å². The first-order valence-corrected chi connectivity index (χ1v) is 16.3. The largest absolute Gasteiger partial charge is 0.417 e. The molecule has 0 atom stereocenters. The second-order valence-electron chi connectivity index (χ2n) is 12.4. The molecule has 0 bridgehead atoms. The number of alkyl halides is 6. The minimum absolute atomic E-state index is 0.0284.